The van der Waals surface area contributed by atoms with Crippen LogP contribution in [0.3, 0.4) is 0 Å². The molecule has 3 amide bonds. The van der Waals surface area contributed by atoms with E-state index in [4.69, 9.17) is 0 Å². The Morgan fingerprint density at radius 1 is 0.838 bits per heavy atom. The van der Waals surface area contributed by atoms with Gasteiger partial charge in [0.2, 0.25) is 0 Å². The average Bonchev–Trinajstić information content (AvgIpc) is 3.15. The molecule has 0 atom stereocenters. The lowest BCUT2D eigenvalue weighted by atomic mass is 10.1. The predicted octanol–water partition coefficient (Wildman–Crippen LogP) is 5.50. The Bertz CT molecular complexity index is 1570. The van der Waals surface area contributed by atoms with Crippen molar-refractivity contribution in [1.29, 1.82) is 0 Å². The van der Waals surface area contributed by atoms with Crippen LogP contribution in [-0.4, -0.2) is 27.8 Å². The lowest BCUT2D eigenvalue weighted by molar-refractivity contribution is -0.384. The summed E-state index contributed by atoms with van der Waals surface area (Å²) in [6, 6.07) is 23.4. The van der Waals surface area contributed by atoms with E-state index in [2.05, 4.69) is 5.32 Å². The van der Waals surface area contributed by atoms with Crippen LogP contribution in [0.5, 0.6) is 5.75 Å². The van der Waals surface area contributed by atoms with Crippen molar-refractivity contribution < 1.29 is 24.4 Å². The van der Waals surface area contributed by atoms with Gasteiger partial charge >= 0.3 is 0 Å². The van der Waals surface area contributed by atoms with Crippen molar-refractivity contribution >= 4 is 46.5 Å². The monoisotopic (exact) mass is 511 g/mol. The molecule has 4 aromatic rings. The maximum Gasteiger partial charge on any atom is 0.269 e. The van der Waals surface area contributed by atoms with Crippen LogP contribution in [0.25, 0.3) is 0 Å². The van der Waals surface area contributed by atoms with E-state index in [-0.39, 0.29) is 33.8 Å². The largest absolute Gasteiger partial charge is 0.506 e. The highest BCUT2D eigenvalue weighted by atomic mass is 32.2. The number of hydrogen-bond donors (Lipinski definition) is 2. The van der Waals surface area contributed by atoms with Gasteiger partial charge in [-0.2, -0.15) is 0 Å². The Morgan fingerprint density at radius 3 is 2.11 bits per heavy atom. The summed E-state index contributed by atoms with van der Waals surface area (Å²) in [5, 5.41) is 23.3. The minimum atomic E-state index is -0.548. The summed E-state index contributed by atoms with van der Waals surface area (Å²) in [6.45, 7) is 0. The highest BCUT2D eigenvalue weighted by molar-refractivity contribution is 7.99. The average molecular weight is 512 g/mol. The maximum atomic E-state index is 13.1. The first kappa shape index (κ1) is 23.8. The van der Waals surface area contributed by atoms with Crippen LogP contribution >= 0.6 is 11.8 Å². The Hall–Kier alpha value is -4.96. The zero-order valence-corrected chi connectivity index (χ0v) is 19.8. The van der Waals surface area contributed by atoms with Crippen molar-refractivity contribution in [3.63, 3.8) is 0 Å². The summed E-state index contributed by atoms with van der Waals surface area (Å²) in [4.78, 5) is 51.8. The number of imide groups is 1. The van der Waals surface area contributed by atoms with Gasteiger partial charge in [-0.05, 0) is 66.7 Å². The van der Waals surface area contributed by atoms with Gasteiger partial charge in [0, 0.05) is 27.5 Å². The van der Waals surface area contributed by atoms with Gasteiger partial charge in [-0.15, -0.1) is 0 Å². The molecule has 0 spiro atoms. The fourth-order valence-electron chi connectivity index (χ4n) is 3.83. The quantitative estimate of drug-likeness (QED) is 0.151. The highest BCUT2D eigenvalue weighted by Crippen LogP contribution is 2.33. The number of rotatable bonds is 6. The molecule has 0 fully saturated rings. The smallest absolute Gasteiger partial charge is 0.269 e. The molecule has 37 heavy (non-hydrogen) atoms. The lowest BCUT2D eigenvalue weighted by Gasteiger charge is -2.14. The predicted molar refractivity (Wildman–Crippen MR) is 137 cm³/mol. The highest BCUT2D eigenvalue weighted by Gasteiger charge is 2.37. The van der Waals surface area contributed by atoms with Gasteiger partial charge in [-0.1, -0.05) is 23.9 Å². The van der Waals surface area contributed by atoms with E-state index in [1.165, 1.54) is 48.2 Å². The second-order valence-electron chi connectivity index (χ2n) is 8.02. The summed E-state index contributed by atoms with van der Waals surface area (Å²) in [6.07, 6.45) is 0. The number of carbonyl (C=O) groups is 3. The number of fused-ring (bicyclic) bond motifs is 1. The number of nitro groups is 1. The standard InChI is InChI=1S/C27H17N3O6S/c31-24-4-2-1-3-23(24)28-25(32)16-5-14-21-22(15-16)27(34)29(26(21)33)17-6-10-19(11-7-17)37-20-12-8-18(9-13-20)30(35)36/h1-15,31H,(H,28,32). The Morgan fingerprint density at radius 2 is 1.46 bits per heavy atom. The van der Waals surface area contributed by atoms with E-state index >= 15 is 0 Å². The number of phenols is 1. The van der Waals surface area contributed by atoms with Gasteiger partial charge in [0.1, 0.15) is 5.75 Å². The SMILES string of the molecule is O=C(Nc1ccccc1O)c1ccc2c(c1)C(=O)N(c1ccc(Sc3ccc([N+](=O)[O-])cc3)cc1)C2=O. The molecule has 0 aromatic heterocycles. The number of para-hydroxylation sites is 2. The zero-order chi connectivity index (χ0) is 26.1. The number of aromatic hydroxyl groups is 1. The van der Waals surface area contributed by atoms with Gasteiger partial charge in [-0.3, -0.25) is 24.5 Å². The minimum absolute atomic E-state index is 0.00386. The van der Waals surface area contributed by atoms with Crippen LogP contribution in [-0.2, 0) is 0 Å². The number of phenolic OH excluding ortho intramolecular Hbond substituents is 1. The van der Waals surface area contributed by atoms with E-state index in [1.807, 2.05) is 0 Å². The first-order valence-corrected chi connectivity index (χ1v) is 11.8. The second-order valence-corrected chi connectivity index (χ2v) is 9.17. The third kappa shape index (κ3) is 4.65. The summed E-state index contributed by atoms with van der Waals surface area (Å²) >= 11 is 1.38. The summed E-state index contributed by atoms with van der Waals surface area (Å²) in [5.41, 5.74) is 1.07. The molecular weight excluding hydrogens is 494 g/mol. The molecule has 1 heterocycles. The number of nitro benzene ring substituents is 1. The summed E-state index contributed by atoms with van der Waals surface area (Å²) < 4.78 is 0. The van der Waals surface area contributed by atoms with E-state index < -0.39 is 22.6 Å². The first-order chi connectivity index (χ1) is 17.8. The third-order valence-electron chi connectivity index (χ3n) is 5.68. The Balaban J connectivity index is 1.33. The number of nitrogens with one attached hydrogen (secondary N) is 1. The molecule has 1 aliphatic rings. The molecule has 182 valence electrons. The van der Waals surface area contributed by atoms with E-state index in [0.717, 1.165) is 14.7 Å². The van der Waals surface area contributed by atoms with Crippen molar-refractivity contribution in [2.24, 2.45) is 0 Å². The van der Waals surface area contributed by atoms with Gasteiger partial charge in [-0.25, -0.2) is 4.90 Å². The van der Waals surface area contributed by atoms with Crippen molar-refractivity contribution in [2.75, 3.05) is 10.2 Å². The molecule has 0 saturated carbocycles. The van der Waals surface area contributed by atoms with Crippen molar-refractivity contribution in [3.05, 3.63) is 118 Å². The van der Waals surface area contributed by atoms with Crippen LogP contribution in [0.2, 0.25) is 0 Å². The Labute approximate surface area is 214 Å². The first-order valence-electron chi connectivity index (χ1n) is 11.0. The molecule has 1 aliphatic heterocycles. The lowest BCUT2D eigenvalue weighted by Crippen LogP contribution is -2.29. The van der Waals surface area contributed by atoms with Crippen LogP contribution in [0.1, 0.15) is 31.1 Å². The molecular formula is C27H17N3O6S. The van der Waals surface area contributed by atoms with Crippen LogP contribution in [0.4, 0.5) is 17.1 Å². The van der Waals surface area contributed by atoms with Crippen molar-refractivity contribution in [3.8, 4) is 5.75 Å². The van der Waals surface area contributed by atoms with Crippen LogP contribution in [0.15, 0.2) is 101 Å². The van der Waals surface area contributed by atoms with Crippen LogP contribution < -0.4 is 10.2 Å². The van der Waals surface area contributed by atoms with Gasteiger partial charge in [0.25, 0.3) is 23.4 Å². The molecule has 0 aliphatic carbocycles. The topological polar surface area (TPSA) is 130 Å². The number of anilines is 2. The number of non-ortho nitro benzene ring substituents is 1. The summed E-state index contributed by atoms with van der Waals surface area (Å²) in [5.74, 6) is -1.67. The minimum Gasteiger partial charge on any atom is -0.506 e. The van der Waals surface area contributed by atoms with Gasteiger partial charge < -0.3 is 10.4 Å². The number of amides is 3. The van der Waals surface area contributed by atoms with Crippen LogP contribution in [0, 0.1) is 10.1 Å². The molecule has 0 radical (unpaired) electrons. The molecule has 0 unspecified atom stereocenters. The normalized spacial score (nSPS) is 12.4. The Kier molecular flexibility index (Phi) is 6.16. The van der Waals surface area contributed by atoms with E-state index in [0.29, 0.717) is 5.69 Å². The van der Waals surface area contributed by atoms with Crippen molar-refractivity contribution in [2.45, 2.75) is 9.79 Å². The van der Waals surface area contributed by atoms with Gasteiger partial charge in [0.15, 0.2) is 0 Å². The molecule has 9 nitrogen and oxygen atoms in total. The number of nitrogens with zero attached hydrogens (tertiary/aromatic N) is 2. The maximum absolute atomic E-state index is 13.1. The van der Waals surface area contributed by atoms with E-state index in [9.17, 15) is 29.6 Å². The molecule has 0 saturated heterocycles. The summed E-state index contributed by atoms with van der Waals surface area (Å²) in [7, 11) is 0. The number of benzene rings is 4. The second kappa shape index (κ2) is 9.59. The van der Waals surface area contributed by atoms with Gasteiger partial charge in [0.05, 0.1) is 27.4 Å². The molecule has 0 bridgehead atoms. The number of hydrogen-bond acceptors (Lipinski definition) is 7. The molecule has 10 heteroatoms. The molecule has 2 N–H and O–H groups in total. The van der Waals surface area contributed by atoms with E-state index in [1.54, 1.807) is 54.6 Å². The van der Waals surface area contributed by atoms with Crippen molar-refractivity contribution in [1.82, 2.24) is 0 Å². The molecule has 5 rings (SSSR count). The fraction of sp³-hybridized carbons (Fsp3) is 0. The number of carbonyl (C=O) groups excluding carboxylic acids is 3. The third-order valence-corrected chi connectivity index (χ3v) is 6.69. The zero-order valence-electron chi connectivity index (χ0n) is 19.0. The fourth-order valence-corrected chi connectivity index (χ4v) is 4.64. The molecule has 4 aromatic carbocycles.